The van der Waals surface area contributed by atoms with E-state index in [-0.39, 0.29) is 26.9 Å². The summed E-state index contributed by atoms with van der Waals surface area (Å²) in [6.45, 7) is 5.99. The first-order valence-electron chi connectivity index (χ1n) is 10.9. The molecule has 8 heteroatoms. The highest BCUT2D eigenvalue weighted by Crippen LogP contribution is 2.44. The van der Waals surface area contributed by atoms with Crippen molar-refractivity contribution in [2.75, 3.05) is 11.5 Å². The number of hydrogen-bond donors (Lipinski definition) is 2. The third-order valence-electron chi connectivity index (χ3n) is 5.72. The van der Waals surface area contributed by atoms with Crippen LogP contribution >= 0.6 is 23.2 Å². The third kappa shape index (κ3) is 4.59. The van der Waals surface area contributed by atoms with Crippen molar-refractivity contribution in [1.82, 2.24) is 0 Å². The lowest BCUT2D eigenvalue weighted by atomic mass is 9.94. The number of phenols is 1. The predicted molar refractivity (Wildman–Crippen MR) is 136 cm³/mol. The third-order valence-corrected chi connectivity index (χ3v) is 6.35. The Morgan fingerprint density at radius 1 is 0.971 bits per heavy atom. The van der Waals surface area contributed by atoms with Gasteiger partial charge in [-0.05, 0) is 79.9 Å². The monoisotopic (exact) mass is 511 g/mol. The van der Waals surface area contributed by atoms with Crippen molar-refractivity contribution in [1.29, 1.82) is 0 Å². The zero-order valence-electron chi connectivity index (χ0n) is 19.3. The van der Waals surface area contributed by atoms with Gasteiger partial charge >= 0.3 is 0 Å². The summed E-state index contributed by atoms with van der Waals surface area (Å²) in [5.74, 6) is -1.80. The van der Waals surface area contributed by atoms with E-state index in [2.05, 4.69) is 0 Å². The van der Waals surface area contributed by atoms with Crippen molar-refractivity contribution in [3.05, 3.63) is 92.5 Å². The number of aliphatic hydroxyl groups is 1. The lowest BCUT2D eigenvalue weighted by molar-refractivity contribution is -0.132. The van der Waals surface area contributed by atoms with Crippen molar-refractivity contribution in [2.24, 2.45) is 0 Å². The number of carbonyl (C=O) groups excluding carboxylic acids is 2. The predicted octanol–water partition coefficient (Wildman–Crippen LogP) is 6.34. The van der Waals surface area contributed by atoms with Gasteiger partial charge in [0.2, 0.25) is 0 Å². The normalized spacial score (nSPS) is 17.2. The van der Waals surface area contributed by atoms with E-state index < -0.39 is 23.5 Å². The maximum atomic E-state index is 13.4. The summed E-state index contributed by atoms with van der Waals surface area (Å²) in [5, 5.41) is 21.5. The van der Waals surface area contributed by atoms with Crippen LogP contribution in [0.15, 0.2) is 60.2 Å². The van der Waals surface area contributed by atoms with Gasteiger partial charge in [0.1, 0.15) is 17.3 Å². The van der Waals surface area contributed by atoms with Gasteiger partial charge in [-0.1, -0.05) is 35.3 Å². The minimum absolute atomic E-state index is 0.0462. The number of Topliss-reactive ketones (excluding diaryl/α,β-unsaturated/α-hetero) is 1. The molecule has 0 spiro atoms. The lowest BCUT2D eigenvalue weighted by Gasteiger charge is -2.26. The Morgan fingerprint density at radius 3 is 2.29 bits per heavy atom. The summed E-state index contributed by atoms with van der Waals surface area (Å²) >= 11 is 12.6. The molecule has 1 aliphatic heterocycles. The fourth-order valence-electron chi connectivity index (χ4n) is 4.28. The number of aliphatic hydroxyl groups excluding tert-OH is 1. The standard InChI is InChI=1S/C27H23Cl2NO5/c1-4-35-18-6-7-20(28)19(13-18)25(32)23-24(16-5-8-22(31)21(29)12-16)30(27(34)26(23)33)17-10-14(2)9-15(3)11-17/h5-13,24,31-32H,4H2,1-3H3/b25-23+. The number of amides is 1. The second-order valence-corrected chi connectivity index (χ2v) is 9.11. The van der Waals surface area contributed by atoms with Crippen LogP contribution in [0, 0.1) is 13.8 Å². The topological polar surface area (TPSA) is 87.1 Å². The molecule has 1 saturated heterocycles. The minimum atomic E-state index is -1.01. The van der Waals surface area contributed by atoms with E-state index in [1.54, 1.807) is 30.3 Å². The van der Waals surface area contributed by atoms with E-state index >= 15 is 0 Å². The molecule has 1 heterocycles. The Bertz CT molecular complexity index is 1360. The van der Waals surface area contributed by atoms with Crippen molar-refractivity contribution >= 4 is 46.3 Å². The van der Waals surface area contributed by atoms with Crippen LogP contribution < -0.4 is 9.64 Å². The molecule has 3 aromatic rings. The smallest absolute Gasteiger partial charge is 0.300 e. The molecule has 1 unspecified atom stereocenters. The second-order valence-electron chi connectivity index (χ2n) is 8.30. The summed E-state index contributed by atoms with van der Waals surface area (Å²) in [7, 11) is 0. The molecule has 0 aliphatic carbocycles. The molecule has 180 valence electrons. The lowest BCUT2D eigenvalue weighted by Crippen LogP contribution is -2.29. The van der Waals surface area contributed by atoms with Crippen LogP contribution in [0.3, 0.4) is 0 Å². The molecule has 0 bridgehead atoms. The summed E-state index contributed by atoms with van der Waals surface area (Å²) in [5.41, 5.74) is 2.74. The molecule has 1 amide bonds. The van der Waals surface area contributed by atoms with Gasteiger partial charge in [-0.25, -0.2) is 0 Å². The van der Waals surface area contributed by atoms with Gasteiger partial charge in [-0.3, -0.25) is 14.5 Å². The van der Waals surface area contributed by atoms with Crippen molar-refractivity contribution in [3.8, 4) is 11.5 Å². The Balaban J connectivity index is 2.00. The summed E-state index contributed by atoms with van der Waals surface area (Å²) in [6, 6.07) is 13.6. The molecule has 35 heavy (non-hydrogen) atoms. The number of aromatic hydroxyl groups is 1. The highest BCUT2D eigenvalue weighted by molar-refractivity contribution is 6.52. The molecular weight excluding hydrogens is 489 g/mol. The SMILES string of the molecule is CCOc1ccc(Cl)c(/C(O)=C2\C(=O)C(=O)N(c3cc(C)cc(C)c3)C2c2ccc(O)c(Cl)c2)c1. The molecule has 0 saturated carbocycles. The van der Waals surface area contributed by atoms with Crippen LogP contribution in [-0.4, -0.2) is 28.5 Å². The van der Waals surface area contributed by atoms with E-state index in [9.17, 15) is 19.8 Å². The summed E-state index contributed by atoms with van der Waals surface area (Å²) < 4.78 is 5.52. The average molecular weight is 512 g/mol. The van der Waals surface area contributed by atoms with Gasteiger partial charge in [0.05, 0.1) is 28.3 Å². The maximum Gasteiger partial charge on any atom is 0.300 e. The quantitative estimate of drug-likeness (QED) is 0.237. The number of ketones is 1. The molecule has 1 aliphatic rings. The number of benzene rings is 3. The van der Waals surface area contributed by atoms with Gasteiger partial charge in [-0.2, -0.15) is 0 Å². The number of nitrogens with zero attached hydrogens (tertiary/aromatic N) is 1. The van der Waals surface area contributed by atoms with Gasteiger partial charge in [0.25, 0.3) is 11.7 Å². The Labute approximate surface area is 213 Å². The minimum Gasteiger partial charge on any atom is -0.507 e. The number of rotatable bonds is 5. The van der Waals surface area contributed by atoms with Crippen LogP contribution in [0.5, 0.6) is 11.5 Å². The van der Waals surface area contributed by atoms with Crippen molar-refractivity contribution < 1.29 is 24.5 Å². The summed E-state index contributed by atoms with van der Waals surface area (Å²) in [6.07, 6.45) is 0. The first-order valence-corrected chi connectivity index (χ1v) is 11.7. The molecular formula is C27H23Cl2NO5. The molecule has 3 aromatic carbocycles. The first-order chi connectivity index (χ1) is 16.6. The zero-order valence-corrected chi connectivity index (χ0v) is 20.8. The van der Waals surface area contributed by atoms with Crippen LogP contribution in [0.2, 0.25) is 10.0 Å². The van der Waals surface area contributed by atoms with E-state index in [0.717, 1.165) is 11.1 Å². The number of phenolic OH excluding ortho intramolecular Hbond substituents is 1. The van der Waals surface area contributed by atoms with Gasteiger partial charge in [0.15, 0.2) is 0 Å². The Kier molecular flexibility index (Phi) is 6.79. The highest BCUT2D eigenvalue weighted by Gasteiger charge is 2.47. The van der Waals surface area contributed by atoms with Gasteiger partial charge < -0.3 is 14.9 Å². The second kappa shape index (κ2) is 9.64. The molecule has 6 nitrogen and oxygen atoms in total. The van der Waals surface area contributed by atoms with Crippen LogP contribution in [0.1, 0.15) is 35.2 Å². The molecule has 4 rings (SSSR count). The fourth-order valence-corrected chi connectivity index (χ4v) is 4.68. The molecule has 0 radical (unpaired) electrons. The number of halogens is 2. The maximum absolute atomic E-state index is 13.4. The number of anilines is 1. The fraction of sp³-hybridized carbons (Fsp3) is 0.185. The zero-order chi connectivity index (χ0) is 25.4. The molecule has 2 N–H and O–H groups in total. The Morgan fingerprint density at radius 2 is 1.66 bits per heavy atom. The average Bonchev–Trinajstić information content (AvgIpc) is 3.06. The van der Waals surface area contributed by atoms with Crippen molar-refractivity contribution in [3.63, 3.8) is 0 Å². The largest absolute Gasteiger partial charge is 0.507 e. The van der Waals surface area contributed by atoms with Crippen molar-refractivity contribution in [2.45, 2.75) is 26.8 Å². The number of carbonyl (C=O) groups is 2. The van der Waals surface area contributed by atoms with E-state index in [1.165, 1.54) is 23.1 Å². The number of ether oxygens (including phenoxy) is 1. The highest BCUT2D eigenvalue weighted by atomic mass is 35.5. The van der Waals surface area contributed by atoms with E-state index in [1.807, 2.05) is 26.8 Å². The molecule has 1 fully saturated rings. The van der Waals surface area contributed by atoms with Gasteiger partial charge in [0, 0.05) is 11.3 Å². The van der Waals surface area contributed by atoms with E-state index in [4.69, 9.17) is 27.9 Å². The first kappa shape index (κ1) is 24.6. The van der Waals surface area contributed by atoms with E-state index in [0.29, 0.717) is 23.6 Å². The van der Waals surface area contributed by atoms with Crippen LogP contribution in [-0.2, 0) is 9.59 Å². The van der Waals surface area contributed by atoms with Crippen LogP contribution in [0.25, 0.3) is 5.76 Å². The van der Waals surface area contributed by atoms with Gasteiger partial charge in [-0.15, -0.1) is 0 Å². The molecule has 1 atom stereocenters. The summed E-state index contributed by atoms with van der Waals surface area (Å²) in [4.78, 5) is 28.1. The van der Waals surface area contributed by atoms with Crippen LogP contribution in [0.4, 0.5) is 5.69 Å². The number of hydrogen-bond acceptors (Lipinski definition) is 5. The Hall–Kier alpha value is -3.48. The molecule has 0 aromatic heterocycles. The number of aryl methyl sites for hydroxylation is 2.